The number of benzene rings is 3. The molecule has 3 aromatic rings. The first kappa shape index (κ1) is 19.3. The van der Waals surface area contributed by atoms with Gasteiger partial charge in [-0.1, -0.05) is 36.4 Å². The van der Waals surface area contributed by atoms with Crippen molar-refractivity contribution < 1.29 is 17.6 Å². The number of carbonyl (C=O) groups is 1. The van der Waals surface area contributed by atoms with Gasteiger partial charge in [-0.2, -0.15) is 0 Å². The van der Waals surface area contributed by atoms with Gasteiger partial charge in [-0.25, -0.2) is 17.5 Å². The first-order valence-electron chi connectivity index (χ1n) is 9.18. The average Bonchev–Trinajstić information content (AvgIpc) is 3.16. The Labute approximate surface area is 168 Å². The molecular formula is C22H19FN2O3S. The van der Waals surface area contributed by atoms with Gasteiger partial charge in [0.2, 0.25) is 10.0 Å². The van der Waals surface area contributed by atoms with Crippen LogP contribution >= 0.6 is 0 Å². The van der Waals surface area contributed by atoms with Gasteiger partial charge in [0.1, 0.15) is 5.82 Å². The number of nitrogens with one attached hydrogen (secondary N) is 1. The summed E-state index contributed by atoms with van der Waals surface area (Å²) in [7, 11) is -3.84. The summed E-state index contributed by atoms with van der Waals surface area (Å²) in [4.78, 5) is 14.4. The number of amides is 1. The Kier molecular flexibility index (Phi) is 5.17. The molecule has 0 aliphatic carbocycles. The van der Waals surface area contributed by atoms with Crippen LogP contribution in [-0.2, 0) is 23.0 Å². The number of halogens is 1. The van der Waals surface area contributed by atoms with E-state index in [2.05, 4.69) is 4.72 Å². The summed E-state index contributed by atoms with van der Waals surface area (Å²) in [6, 6.07) is 19.5. The minimum Gasteiger partial charge on any atom is -0.308 e. The van der Waals surface area contributed by atoms with Crippen LogP contribution < -0.4 is 9.62 Å². The predicted molar refractivity (Wildman–Crippen MR) is 109 cm³/mol. The van der Waals surface area contributed by atoms with Gasteiger partial charge in [0, 0.05) is 24.3 Å². The van der Waals surface area contributed by atoms with E-state index in [1.54, 1.807) is 17.0 Å². The van der Waals surface area contributed by atoms with Gasteiger partial charge in [-0.3, -0.25) is 4.79 Å². The Morgan fingerprint density at radius 1 is 1.00 bits per heavy atom. The summed E-state index contributed by atoms with van der Waals surface area (Å²) in [5.74, 6) is -0.692. The Hall–Kier alpha value is -3.03. The largest absolute Gasteiger partial charge is 0.308 e. The summed E-state index contributed by atoms with van der Waals surface area (Å²) in [6.45, 7) is 0.626. The van der Waals surface area contributed by atoms with Crippen molar-refractivity contribution >= 4 is 21.6 Å². The van der Waals surface area contributed by atoms with E-state index in [0.29, 0.717) is 12.1 Å². The zero-order valence-corrected chi connectivity index (χ0v) is 16.3. The molecule has 0 bridgehead atoms. The van der Waals surface area contributed by atoms with Crippen LogP contribution in [0.1, 0.15) is 21.5 Å². The zero-order valence-electron chi connectivity index (χ0n) is 15.5. The lowest BCUT2D eigenvalue weighted by Gasteiger charge is -2.18. The molecule has 148 valence electrons. The SMILES string of the molecule is O=C(c1ccccc1)N1CCc2ccc(CNS(=O)(=O)c3cccc(F)c3)cc21. The van der Waals surface area contributed by atoms with E-state index in [1.165, 1.54) is 18.2 Å². The van der Waals surface area contributed by atoms with Gasteiger partial charge in [0.05, 0.1) is 4.90 Å². The molecule has 0 fully saturated rings. The quantitative estimate of drug-likeness (QED) is 0.700. The van der Waals surface area contributed by atoms with Crippen molar-refractivity contribution in [3.63, 3.8) is 0 Å². The summed E-state index contributed by atoms with van der Waals surface area (Å²) in [6.07, 6.45) is 0.753. The lowest BCUT2D eigenvalue weighted by molar-refractivity contribution is 0.0989. The molecule has 0 unspecified atom stereocenters. The van der Waals surface area contributed by atoms with Crippen molar-refractivity contribution in [2.75, 3.05) is 11.4 Å². The smallest absolute Gasteiger partial charge is 0.258 e. The summed E-state index contributed by atoms with van der Waals surface area (Å²) < 4.78 is 40.6. The molecule has 1 amide bonds. The van der Waals surface area contributed by atoms with Crippen molar-refractivity contribution in [1.29, 1.82) is 0 Å². The molecule has 1 aliphatic heterocycles. The monoisotopic (exact) mass is 410 g/mol. The first-order chi connectivity index (χ1) is 13.9. The number of anilines is 1. The molecule has 4 rings (SSSR count). The van der Waals surface area contributed by atoms with E-state index in [4.69, 9.17) is 0 Å². The number of carbonyl (C=O) groups excluding carboxylic acids is 1. The number of hydrogen-bond acceptors (Lipinski definition) is 3. The van der Waals surface area contributed by atoms with E-state index in [-0.39, 0.29) is 17.3 Å². The Balaban J connectivity index is 1.53. The topological polar surface area (TPSA) is 66.5 Å². The predicted octanol–water partition coefficient (Wildman–Crippen LogP) is 3.51. The minimum absolute atomic E-state index is 0.0412. The Bertz CT molecular complexity index is 1160. The molecule has 0 saturated carbocycles. The molecule has 0 spiro atoms. The van der Waals surface area contributed by atoms with Crippen LogP contribution in [-0.4, -0.2) is 20.9 Å². The maximum Gasteiger partial charge on any atom is 0.258 e. The number of fused-ring (bicyclic) bond motifs is 1. The van der Waals surface area contributed by atoms with Gasteiger partial charge in [0.15, 0.2) is 0 Å². The molecule has 5 nitrogen and oxygen atoms in total. The Morgan fingerprint density at radius 2 is 1.79 bits per heavy atom. The molecule has 7 heteroatoms. The van der Waals surface area contributed by atoms with Crippen LogP contribution in [0.3, 0.4) is 0 Å². The van der Waals surface area contributed by atoms with Crippen LogP contribution in [0.5, 0.6) is 0 Å². The fourth-order valence-electron chi connectivity index (χ4n) is 3.38. The molecule has 29 heavy (non-hydrogen) atoms. The van der Waals surface area contributed by atoms with E-state index >= 15 is 0 Å². The molecule has 1 N–H and O–H groups in total. The van der Waals surface area contributed by atoms with Crippen molar-refractivity contribution in [2.24, 2.45) is 0 Å². The second-order valence-corrected chi connectivity index (χ2v) is 8.58. The fraction of sp³-hybridized carbons (Fsp3) is 0.136. The van der Waals surface area contributed by atoms with E-state index in [0.717, 1.165) is 29.3 Å². The molecule has 3 aromatic carbocycles. The normalized spacial score (nSPS) is 13.3. The van der Waals surface area contributed by atoms with Crippen molar-refractivity contribution in [3.8, 4) is 0 Å². The highest BCUT2D eigenvalue weighted by Gasteiger charge is 2.26. The molecular weight excluding hydrogens is 391 g/mol. The van der Waals surface area contributed by atoms with Gasteiger partial charge >= 0.3 is 0 Å². The number of hydrogen-bond donors (Lipinski definition) is 1. The summed E-state index contributed by atoms with van der Waals surface area (Å²) in [5.41, 5.74) is 3.17. The molecule has 1 heterocycles. The lowest BCUT2D eigenvalue weighted by atomic mass is 10.1. The van der Waals surface area contributed by atoms with Crippen LogP contribution in [0.2, 0.25) is 0 Å². The average molecular weight is 410 g/mol. The second kappa shape index (κ2) is 7.77. The maximum atomic E-state index is 13.3. The molecule has 0 saturated heterocycles. The van der Waals surface area contributed by atoms with E-state index in [1.807, 2.05) is 36.4 Å². The fourth-order valence-corrected chi connectivity index (χ4v) is 4.43. The molecule has 0 aromatic heterocycles. The summed E-state index contributed by atoms with van der Waals surface area (Å²) in [5, 5.41) is 0. The molecule has 1 aliphatic rings. The number of rotatable bonds is 5. The molecule has 0 radical (unpaired) electrons. The van der Waals surface area contributed by atoms with Gasteiger partial charge in [-0.15, -0.1) is 0 Å². The van der Waals surface area contributed by atoms with Crippen molar-refractivity contribution in [2.45, 2.75) is 17.9 Å². The van der Waals surface area contributed by atoms with E-state index in [9.17, 15) is 17.6 Å². The van der Waals surface area contributed by atoms with Crippen LogP contribution in [0.15, 0.2) is 77.7 Å². The van der Waals surface area contributed by atoms with Crippen molar-refractivity contribution in [1.82, 2.24) is 4.72 Å². The van der Waals surface area contributed by atoms with Gasteiger partial charge in [-0.05, 0) is 53.9 Å². The molecule has 0 atom stereocenters. The highest BCUT2D eigenvalue weighted by atomic mass is 32.2. The highest BCUT2D eigenvalue weighted by molar-refractivity contribution is 7.89. The third-order valence-electron chi connectivity index (χ3n) is 4.88. The number of nitrogens with zero attached hydrogens (tertiary/aromatic N) is 1. The van der Waals surface area contributed by atoms with Crippen LogP contribution in [0.25, 0.3) is 0 Å². The van der Waals surface area contributed by atoms with Crippen LogP contribution in [0.4, 0.5) is 10.1 Å². The van der Waals surface area contributed by atoms with Gasteiger partial charge in [0.25, 0.3) is 5.91 Å². The maximum absolute atomic E-state index is 13.3. The lowest BCUT2D eigenvalue weighted by Crippen LogP contribution is -2.29. The van der Waals surface area contributed by atoms with Gasteiger partial charge < -0.3 is 4.90 Å². The van der Waals surface area contributed by atoms with Crippen molar-refractivity contribution in [3.05, 3.63) is 95.3 Å². The standard InChI is InChI=1S/C22H19FN2O3S/c23-19-7-4-8-20(14-19)29(27,28)24-15-16-9-10-17-11-12-25(21(17)13-16)22(26)18-5-2-1-3-6-18/h1-10,13-14,24H,11-12,15H2. The number of sulfonamides is 1. The zero-order chi connectivity index (χ0) is 20.4. The first-order valence-corrected chi connectivity index (χ1v) is 10.7. The van der Waals surface area contributed by atoms with E-state index < -0.39 is 15.8 Å². The van der Waals surface area contributed by atoms with Crippen LogP contribution in [0, 0.1) is 5.82 Å². The second-order valence-electron chi connectivity index (χ2n) is 6.82. The highest BCUT2D eigenvalue weighted by Crippen LogP contribution is 2.30. The minimum atomic E-state index is -3.84. The third kappa shape index (κ3) is 4.06. The third-order valence-corrected chi connectivity index (χ3v) is 6.28. The summed E-state index contributed by atoms with van der Waals surface area (Å²) >= 11 is 0. The Morgan fingerprint density at radius 3 is 2.55 bits per heavy atom.